The zero-order valence-corrected chi connectivity index (χ0v) is 16.4. The van der Waals surface area contributed by atoms with Gasteiger partial charge in [0.2, 0.25) is 0 Å². The van der Waals surface area contributed by atoms with E-state index in [0.29, 0.717) is 17.3 Å². The van der Waals surface area contributed by atoms with Crippen LogP contribution in [-0.2, 0) is 6.61 Å². The number of nitrogens with one attached hydrogen (secondary N) is 1. The van der Waals surface area contributed by atoms with Crippen molar-refractivity contribution in [2.24, 2.45) is 0 Å². The van der Waals surface area contributed by atoms with Gasteiger partial charge in [0.25, 0.3) is 5.91 Å². The number of amides is 1. The van der Waals surface area contributed by atoms with E-state index in [-0.39, 0.29) is 24.3 Å². The molecule has 0 bridgehead atoms. The van der Waals surface area contributed by atoms with Crippen molar-refractivity contribution in [2.45, 2.75) is 32.9 Å². The van der Waals surface area contributed by atoms with Gasteiger partial charge in [0.1, 0.15) is 12.4 Å². The second kappa shape index (κ2) is 9.13. The first-order valence-corrected chi connectivity index (χ1v) is 9.32. The summed E-state index contributed by atoms with van der Waals surface area (Å²) in [5.41, 5.74) is 2.27. The van der Waals surface area contributed by atoms with Crippen LogP contribution < -0.4 is 14.8 Å². The fourth-order valence-corrected chi connectivity index (χ4v) is 2.91. The van der Waals surface area contributed by atoms with Gasteiger partial charge in [-0.15, -0.1) is 0 Å². The number of aryl methyl sites for hydroxylation is 1. The van der Waals surface area contributed by atoms with Gasteiger partial charge in [0.05, 0.1) is 13.2 Å². The Kier molecular flexibility index (Phi) is 6.37. The van der Waals surface area contributed by atoms with Crippen LogP contribution in [-0.4, -0.2) is 13.0 Å². The SMILES string of the molecule is CC[C@H](NC(=O)c1ccc(COc2ccccc2OC)o1)c1ccc(C)cc1. The van der Waals surface area contributed by atoms with Crippen molar-refractivity contribution in [3.8, 4) is 11.5 Å². The minimum atomic E-state index is -0.240. The highest BCUT2D eigenvalue weighted by Crippen LogP contribution is 2.27. The van der Waals surface area contributed by atoms with Crippen LogP contribution in [0.5, 0.6) is 11.5 Å². The number of furan rings is 1. The van der Waals surface area contributed by atoms with Crippen molar-refractivity contribution in [1.82, 2.24) is 5.32 Å². The number of ether oxygens (including phenoxy) is 2. The largest absolute Gasteiger partial charge is 0.493 e. The Balaban J connectivity index is 1.62. The zero-order chi connectivity index (χ0) is 19.9. The van der Waals surface area contributed by atoms with E-state index >= 15 is 0 Å². The number of methoxy groups -OCH3 is 1. The van der Waals surface area contributed by atoms with E-state index in [2.05, 4.69) is 5.32 Å². The highest BCUT2D eigenvalue weighted by Gasteiger charge is 2.17. The molecular weight excluding hydrogens is 354 g/mol. The van der Waals surface area contributed by atoms with E-state index in [1.165, 1.54) is 5.56 Å². The lowest BCUT2D eigenvalue weighted by Gasteiger charge is -2.17. The average molecular weight is 379 g/mol. The lowest BCUT2D eigenvalue weighted by Crippen LogP contribution is -2.27. The van der Waals surface area contributed by atoms with Gasteiger partial charge < -0.3 is 19.2 Å². The normalized spacial score (nSPS) is 11.7. The van der Waals surface area contributed by atoms with Crippen LogP contribution in [0.4, 0.5) is 0 Å². The number of hydrogen-bond donors (Lipinski definition) is 1. The third kappa shape index (κ3) is 4.74. The highest BCUT2D eigenvalue weighted by molar-refractivity contribution is 5.91. The maximum absolute atomic E-state index is 12.6. The summed E-state index contributed by atoms with van der Waals surface area (Å²) in [6.45, 7) is 4.29. The minimum Gasteiger partial charge on any atom is -0.493 e. The summed E-state index contributed by atoms with van der Waals surface area (Å²) in [6.07, 6.45) is 0.791. The van der Waals surface area contributed by atoms with Crippen molar-refractivity contribution in [3.05, 3.63) is 83.3 Å². The van der Waals surface area contributed by atoms with E-state index in [1.807, 2.05) is 62.4 Å². The minimum absolute atomic E-state index is 0.0634. The topological polar surface area (TPSA) is 60.7 Å². The van der Waals surface area contributed by atoms with E-state index in [1.54, 1.807) is 19.2 Å². The van der Waals surface area contributed by atoms with Gasteiger partial charge in [-0.25, -0.2) is 0 Å². The van der Waals surface area contributed by atoms with Crippen molar-refractivity contribution in [1.29, 1.82) is 0 Å². The van der Waals surface area contributed by atoms with Gasteiger partial charge in [0, 0.05) is 0 Å². The van der Waals surface area contributed by atoms with Crippen molar-refractivity contribution in [3.63, 3.8) is 0 Å². The van der Waals surface area contributed by atoms with Crippen molar-refractivity contribution >= 4 is 5.91 Å². The Bertz CT molecular complexity index is 914. The van der Waals surface area contributed by atoms with Crippen LogP contribution in [0.3, 0.4) is 0 Å². The third-order valence-electron chi connectivity index (χ3n) is 4.52. The molecule has 146 valence electrons. The first-order chi connectivity index (χ1) is 13.6. The van der Waals surface area contributed by atoms with Gasteiger partial charge in [-0.05, 0) is 43.2 Å². The Labute approximate surface area is 165 Å². The summed E-state index contributed by atoms with van der Waals surface area (Å²) in [6, 6.07) is 18.9. The van der Waals surface area contributed by atoms with Crippen LogP contribution in [0, 0.1) is 6.92 Å². The maximum atomic E-state index is 12.6. The molecule has 0 aliphatic carbocycles. The summed E-state index contributed by atoms with van der Waals surface area (Å²) in [5, 5.41) is 3.03. The van der Waals surface area contributed by atoms with Crippen LogP contribution in [0.2, 0.25) is 0 Å². The molecule has 0 saturated heterocycles. The number of carbonyl (C=O) groups excluding carboxylic acids is 1. The molecular formula is C23H25NO4. The first-order valence-electron chi connectivity index (χ1n) is 9.32. The quantitative estimate of drug-likeness (QED) is 0.594. The standard InChI is InChI=1S/C23H25NO4/c1-4-19(17-11-9-16(2)10-12-17)24-23(25)22-14-13-18(28-22)15-27-21-8-6-5-7-20(21)26-3/h5-14,19H,4,15H2,1-3H3,(H,24,25)/t19-/m0/s1. The number of carbonyl (C=O) groups is 1. The fraction of sp³-hybridized carbons (Fsp3) is 0.261. The van der Waals surface area contributed by atoms with E-state index in [4.69, 9.17) is 13.9 Å². The van der Waals surface area contributed by atoms with Crippen LogP contribution in [0.1, 0.15) is 46.8 Å². The van der Waals surface area contributed by atoms with Crippen LogP contribution in [0.25, 0.3) is 0 Å². The highest BCUT2D eigenvalue weighted by atomic mass is 16.5. The Hall–Kier alpha value is -3.21. The number of para-hydroxylation sites is 2. The lowest BCUT2D eigenvalue weighted by molar-refractivity contribution is 0.0903. The molecule has 0 saturated carbocycles. The molecule has 1 atom stereocenters. The maximum Gasteiger partial charge on any atom is 0.287 e. The molecule has 1 aromatic heterocycles. The molecule has 2 aromatic carbocycles. The zero-order valence-electron chi connectivity index (χ0n) is 16.4. The van der Waals surface area contributed by atoms with Gasteiger partial charge >= 0.3 is 0 Å². The Morgan fingerprint density at radius 3 is 2.43 bits per heavy atom. The molecule has 1 N–H and O–H groups in total. The molecule has 5 heteroatoms. The summed E-state index contributed by atoms with van der Waals surface area (Å²) < 4.78 is 16.7. The molecule has 3 aromatic rings. The molecule has 0 fully saturated rings. The molecule has 1 amide bonds. The number of hydrogen-bond acceptors (Lipinski definition) is 4. The summed E-state index contributed by atoms with van der Waals surface area (Å²) in [7, 11) is 1.59. The second-order valence-electron chi connectivity index (χ2n) is 6.55. The van der Waals surface area contributed by atoms with Crippen molar-refractivity contribution < 1.29 is 18.7 Å². The van der Waals surface area contributed by atoms with Crippen LogP contribution >= 0.6 is 0 Å². The van der Waals surface area contributed by atoms with Crippen LogP contribution in [0.15, 0.2) is 65.1 Å². The molecule has 0 aliphatic rings. The number of benzene rings is 2. The molecule has 1 heterocycles. The average Bonchev–Trinajstić information content (AvgIpc) is 3.20. The van der Waals surface area contributed by atoms with Gasteiger partial charge in [-0.1, -0.05) is 48.9 Å². The molecule has 5 nitrogen and oxygen atoms in total. The summed E-state index contributed by atoms with van der Waals surface area (Å²) in [5.74, 6) is 1.87. The monoisotopic (exact) mass is 379 g/mol. The van der Waals surface area contributed by atoms with E-state index in [9.17, 15) is 4.79 Å². The fourth-order valence-electron chi connectivity index (χ4n) is 2.91. The predicted molar refractivity (Wildman–Crippen MR) is 108 cm³/mol. The molecule has 0 aliphatic heterocycles. The van der Waals surface area contributed by atoms with Gasteiger partial charge in [-0.2, -0.15) is 0 Å². The lowest BCUT2D eigenvalue weighted by atomic mass is 10.0. The Morgan fingerprint density at radius 2 is 1.75 bits per heavy atom. The van der Waals surface area contributed by atoms with Gasteiger partial charge in [0.15, 0.2) is 17.3 Å². The molecule has 3 rings (SSSR count). The summed E-state index contributed by atoms with van der Waals surface area (Å²) in [4.78, 5) is 12.6. The molecule has 0 radical (unpaired) electrons. The third-order valence-corrected chi connectivity index (χ3v) is 4.52. The predicted octanol–water partition coefficient (Wildman–Crippen LogP) is 5.06. The first kappa shape index (κ1) is 19.5. The Morgan fingerprint density at radius 1 is 1.04 bits per heavy atom. The van der Waals surface area contributed by atoms with E-state index in [0.717, 1.165) is 12.0 Å². The second-order valence-corrected chi connectivity index (χ2v) is 6.55. The van der Waals surface area contributed by atoms with Crippen molar-refractivity contribution in [2.75, 3.05) is 7.11 Å². The molecule has 0 spiro atoms. The van der Waals surface area contributed by atoms with Gasteiger partial charge in [-0.3, -0.25) is 4.79 Å². The molecule has 28 heavy (non-hydrogen) atoms. The smallest absolute Gasteiger partial charge is 0.287 e. The molecule has 0 unspecified atom stereocenters. The van der Waals surface area contributed by atoms with E-state index < -0.39 is 0 Å². The summed E-state index contributed by atoms with van der Waals surface area (Å²) >= 11 is 0. The number of rotatable bonds is 8.